The van der Waals surface area contributed by atoms with Crippen molar-refractivity contribution in [2.24, 2.45) is 7.05 Å². The quantitative estimate of drug-likeness (QED) is 0.0966. The van der Waals surface area contributed by atoms with E-state index in [0.717, 1.165) is 7.11 Å². The number of aryl methyl sites for hydroxylation is 1. The van der Waals surface area contributed by atoms with Gasteiger partial charge in [0.15, 0.2) is 0 Å². The van der Waals surface area contributed by atoms with Crippen molar-refractivity contribution in [2.75, 3.05) is 7.11 Å². The van der Waals surface area contributed by atoms with Gasteiger partial charge in [0.25, 0.3) is 0 Å². The van der Waals surface area contributed by atoms with Crippen LogP contribution in [0.5, 0.6) is 0 Å². The number of carbonyl (C=O) groups is 8. The molecule has 1 aromatic carbocycles. The van der Waals surface area contributed by atoms with Crippen molar-refractivity contribution in [3.8, 4) is 0 Å². The van der Waals surface area contributed by atoms with Gasteiger partial charge < -0.3 is 50.1 Å². The number of para-hydroxylation sites is 1. The Labute approximate surface area is 373 Å². The van der Waals surface area contributed by atoms with Gasteiger partial charge in [-0.3, -0.25) is 28.5 Å². The van der Waals surface area contributed by atoms with Crippen molar-refractivity contribution in [1.82, 2.24) is 40.7 Å². The van der Waals surface area contributed by atoms with Crippen LogP contribution in [0.1, 0.15) is 100 Å². The van der Waals surface area contributed by atoms with E-state index in [-0.39, 0.29) is 25.7 Å². The number of alkyl carbamates (subject to hydrolysis) is 1. The topological polar surface area (TPSA) is 256 Å². The molecule has 0 aliphatic carbocycles. The Morgan fingerprint density at radius 2 is 1.22 bits per heavy atom. The van der Waals surface area contributed by atoms with Gasteiger partial charge in [-0.1, -0.05) is 18.2 Å². The number of carbonyl (C=O) groups excluding carboxylic acids is 8. The van der Waals surface area contributed by atoms with Crippen LogP contribution in [0.25, 0.3) is 10.9 Å². The fraction of sp³-hybridized carbons (Fsp3) is 0.568. The van der Waals surface area contributed by atoms with Crippen molar-refractivity contribution in [2.45, 2.75) is 149 Å². The summed E-state index contributed by atoms with van der Waals surface area (Å²) in [6.07, 6.45) is 2.15. The second-order valence-electron chi connectivity index (χ2n) is 18.4. The van der Waals surface area contributed by atoms with E-state index in [2.05, 4.69) is 31.6 Å². The summed E-state index contributed by atoms with van der Waals surface area (Å²) in [5, 5.41) is 13.5. The number of nitrogens with one attached hydrogen (secondary N) is 5. The van der Waals surface area contributed by atoms with Gasteiger partial charge in [-0.25, -0.2) is 19.4 Å². The van der Waals surface area contributed by atoms with Gasteiger partial charge in [-0.2, -0.15) is 0 Å². The predicted octanol–water partition coefficient (Wildman–Crippen LogP) is 3.11. The van der Waals surface area contributed by atoms with Crippen molar-refractivity contribution in [1.29, 1.82) is 0 Å². The highest BCUT2D eigenvalue weighted by Crippen LogP contribution is 2.24. The molecule has 0 unspecified atom stereocenters. The summed E-state index contributed by atoms with van der Waals surface area (Å²) in [6, 6.07) is 0.331. The molecule has 2 heterocycles. The van der Waals surface area contributed by atoms with Crippen molar-refractivity contribution >= 4 is 58.7 Å². The summed E-state index contributed by atoms with van der Waals surface area (Å²) < 4.78 is 24.1. The Morgan fingerprint density at radius 3 is 1.80 bits per heavy atom. The minimum atomic E-state index is -1.44. The van der Waals surface area contributed by atoms with Crippen LogP contribution in [0.15, 0.2) is 43.0 Å². The summed E-state index contributed by atoms with van der Waals surface area (Å²) >= 11 is 0. The molecule has 352 valence electrons. The lowest BCUT2D eigenvalue weighted by Crippen LogP contribution is -2.59. The van der Waals surface area contributed by atoms with Crippen molar-refractivity contribution in [3.63, 3.8) is 0 Å². The van der Waals surface area contributed by atoms with Gasteiger partial charge in [-0.05, 0) is 94.2 Å². The van der Waals surface area contributed by atoms with Crippen LogP contribution in [0, 0.1) is 0 Å². The van der Waals surface area contributed by atoms with Crippen LogP contribution >= 0.6 is 0 Å². The first kappa shape index (κ1) is 51.9. The highest BCUT2D eigenvalue weighted by Gasteiger charge is 2.34. The number of nitrogens with zero attached hydrogens (tertiary/aromatic N) is 3. The van der Waals surface area contributed by atoms with E-state index in [0.29, 0.717) is 22.2 Å². The summed E-state index contributed by atoms with van der Waals surface area (Å²) in [4.78, 5) is 111. The Hall–Kier alpha value is -6.47. The lowest BCUT2D eigenvalue weighted by Gasteiger charge is -2.26. The van der Waals surface area contributed by atoms with Crippen LogP contribution < -0.4 is 26.6 Å². The molecular weight excluding hydrogens is 833 g/mol. The third-order valence-corrected chi connectivity index (χ3v) is 9.13. The van der Waals surface area contributed by atoms with Crippen LogP contribution in [0.4, 0.5) is 9.59 Å². The van der Waals surface area contributed by atoms with E-state index in [1.807, 2.05) is 0 Å². The minimum Gasteiger partial charge on any atom is -0.467 e. The fourth-order valence-corrected chi connectivity index (χ4v) is 6.18. The molecule has 20 heteroatoms. The molecule has 0 spiro atoms. The molecule has 0 saturated heterocycles. The molecule has 3 rings (SSSR count). The van der Waals surface area contributed by atoms with Gasteiger partial charge in [0, 0.05) is 49.8 Å². The van der Waals surface area contributed by atoms with Crippen LogP contribution in [-0.2, 0) is 67.6 Å². The van der Waals surface area contributed by atoms with E-state index in [4.69, 9.17) is 18.9 Å². The molecule has 0 fully saturated rings. The summed E-state index contributed by atoms with van der Waals surface area (Å²) in [5.74, 6) is -4.70. The smallest absolute Gasteiger partial charge is 0.419 e. The molecule has 64 heavy (non-hydrogen) atoms. The second kappa shape index (κ2) is 21.7. The highest BCUT2D eigenvalue weighted by atomic mass is 16.6. The third kappa shape index (κ3) is 16.3. The minimum absolute atomic E-state index is 0.0615. The number of ether oxygens (including phenoxy) is 4. The maximum absolute atomic E-state index is 14.4. The molecule has 20 nitrogen and oxygen atoms in total. The van der Waals surface area contributed by atoms with E-state index in [1.165, 1.54) is 37.1 Å². The zero-order valence-electron chi connectivity index (χ0n) is 39.0. The van der Waals surface area contributed by atoms with Crippen LogP contribution in [0.2, 0.25) is 0 Å². The van der Waals surface area contributed by atoms with Gasteiger partial charge in [0.1, 0.15) is 47.0 Å². The fourth-order valence-electron chi connectivity index (χ4n) is 6.18. The Kier molecular flexibility index (Phi) is 17.6. The lowest BCUT2D eigenvalue weighted by atomic mass is 10.0. The molecule has 5 atom stereocenters. The summed E-state index contributed by atoms with van der Waals surface area (Å²) in [5.41, 5.74) is -1.10. The number of imidazole rings is 1. The number of fused-ring (bicyclic) bond motifs is 1. The molecule has 5 amide bonds. The zero-order chi connectivity index (χ0) is 48.3. The van der Waals surface area contributed by atoms with E-state index >= 15 is 0 Å². The first-order valence-electron chi connectivity index (χ1n) is 20.9. The zero-order valence-corrected chi connectivity index (χ0v) is 39.0. The van der Waals surface area contributed by atoms with Crippen LogP contribution in [-0.4, -0.2) is 116 Å². The van der Waals surface area contributed by atoms with E-state index in [9.17, 15) is 38.4 Å². The SMILES string of the molecule is COC(=O)[C@H](C)NC(=O)[C@H](CCC(=O)OC(C)(C)C)NC(=O)[C@@H](C)NC(=O)[C@H](Cc1cn(C(=O)OC(C)(C)C)c2ccccc12)NC(=O)[C@H](Cc1cncn1C)NC(=O)OC(C)(C)C. The number of hydrogen-bond donors (Lipinski definition) is 5. The molecule has 5 N–H and O–H groups in total. The van der Waals surface area contributed by atoms with E-state index < -0.39 is 94.8 Å². The second-order valence-corrected chi connectivity index (χ2v) is 18.4. The number of benzene rings is 1. The number of esters is 2. The standard InChI is InChI=1S/C44H64N8O12/c1-25(35(54)48-30(18-19-34(53)62-42(3,4)5)36(55)47-26(2)39(58)61-13)46-37(56)31(20-27-23-52(41(60)64-44(9,10)11)33-17-15-14-16-29(27)33)49-38(57)32(21-28-22-45-24-51(28)12)50-40(59)63-43(6,7)8/h14-17,22-26,30-32H,18-21H2,1-13H3,(H,46,56)(H,47,55)(H,48,54)(H,49,57)(H,50,59)/t25-,26+,30+,31+,32+/m1/s1. The molecule has 0 bridgehead atoms. The first-order chi connectivity index (χ1) is 29.6. The summed E-state index contributed by atoms with van der Waals surface area (Å²) in [7, 11) is 2.85. The Morgan fingerprint density at radius 1 is 0.672 bits per heavy atom. The van der Waals surface area contributed by atoms with Gasteiger partial charge in [-0.15, -0.1) is 0 Å². The van der Waals surface area contributed by atoms with Gasteiger partial charge in [0.2, 0.25) is 23.6 Å². The Bertz CT molecular complexity index is 2180. The van der Waals surface area contributed by atoms with Gasteiger partial charge >= 0.3 is 24.1 Å². The third-order valence-electron chi connectivity index (χ3n) is 9.13. The lowest BCUT2D eigenvalue weighted by molar-refractivity contribution is -0.155. The molecule has 0 aliphatic heterocycles. The molecule has 0 radical (unpaired) electrons. The largest absolute Gasteiger partial charge is 0.467 e. The highest BCUT2D eigenvalue weighted by molar-refractivity contribution is 5.97. The van der Waals surface area contributed by atoms with Crippen LogP contribution in [0.3, 0.4) is 0 Å². The molecule has 3 aromatic rings. The summed E-state index contributed by atoms with van der Waals surface area (Å²) in [6.45, 7) is 17.9. The average Bonchev–Trinajstić information content (AvgIpc) is 3.75. The number of rotatable bonds is 17. The molecule has 0 aliphatic rings. The molecule has 2 aromatic heterocycles. The predicted molar refractivity (Wildman–Crippen MR) is 234 cm³/mol. The monoisotopic (exact) mass is 896 g/mol. The van der Waals surface area contributed by atoms with Gasteiger partial charge in [0.05, 0.1) is 19.0 Å². The Balaban J connectivity index is 2.00. The number of hydrogen-bond acceptors (Lipinski definition) is 13. The van der Waals surface area contributed by atoms with Crippen molar-refractivity contribution < 1.29 is 57.3 Å². The first-order valence-corrected chi connectivity index (χ1v) is 20.9. The number of aromatic nitrogens is 3. The molecular formula is C44H64N8O12. The maximum Gasteiger partial charge on any atom is 0.419 e. The average molecular weight is 897 g/mol. The maximum atomic E-state index is 14.4. The van der Waals surface area contributed by atoms with Crippen molar-refractivity contribution in [3.05, 3.63) is 54.2 Å². The normalized spacial score (nSPS) is 14.1. The van der Waals surface area contributed by atoms with E-state index in [1.54, 1.807) is 98.2 Å². The number of amides is 5. The number of methoxy groups -OCH3 is 1. The molecule has 0 saturated carbocycles.